The molecule has 0 aliphatic rings. The second-order valence-electron chi connectivity index (χ2n) is 15.5. The Kier molecular flexibility index (Phi) is 27.8. The Morgan fingerprint density at radius 3 is 1.90 bits per heavy atom. The van der Waals surface area contributed by atoms with E-state index in [1.807, 2.05) is 55.3 Å². The molecular weight excluding hydrogens is 1020 g/mol. The number of nitrogens with zero attached hydrogens (tertiary/aromatic N) is 8. The fraction of sp³-hybridized carbons (Fsp3) is 0.280. The van der Waals surface area contributed by atoms with Gasteiger partial charge in [0.2, 0.25) is 11.9 Å². The number of pyridine rings is 2. The molecule has 0 aliphatic heterocycles. The van der Waals surface area contributed by atoms with Gasteiger partial charge in [-0.25, -0.2) is 24.8 Å². The van der Waals surface area contributed by atoms with Crippen LogP contribution in [0.15, 0.2) is 129 Å². The van der Waals surface area contributed by atoms with E-state index in [0.29, 0.717) is 69.3 Å². The Bertz CT molecular complexity index is 3030. The van der Waals surface area contributed by atoms with E-state index in [4.69, 9.17) is 25.5 Å². The van der Waals surface area contributed by atoms with Gasteiger partial charge >= 0.3 is 103 Å². The number of hydrogen-bond acceptors (Lipinski definition) is 12. The molecule has 8 aromatic rings. The number of alkyl halides is 1. The zero-order valence-electron chi connectivity index (χ0n) is 40.8. The Labute approximate surface area is 498 Å². The SMILES string of the molecule is Cc1ccc2c(=O)c(CBr)coc2c1C.Fc1cc(CCCCCn2ccnc2)ccn1.O=CO[O-].[C-]#[N+]c1ccc2c(=O)c(CN(CCCn3ccnc3)Cc3ccnc(F)c3)coc2c1C.[H-].[K+].[K+]. The summed E-state index contributed by atoms with van der Waals surface area (Å²) in [6.45, 7) is 16.1. The van der Waals surface area contributed by atoms with Gasteiger partial charge in [0.15, 0.2) is 16.5 Å². The smallest absolute Gasteiger partial charge is 1.00 e. The van der Waals surface area contributed by atoms with Crippen molar-refractivity contribution in [2.75, 3.05) is 6.54 Å². The van der Waals surface area contributed by atoms with Gasteiger partial charge in [-0.1, -0.05) is 40.5 Å². The summed E-state index contributed by atoms with van der Waals surface area (Å²) in [5.74, 6) is -0.918. The van der Waals surface area contributed by atoms with Crippen molar-refractivity contribution in [2.24, 2.45) is 0 Å². The normalized spacial score (nSPS) is 10.3. The third kappa shape index (κ3) is 18.6. The van der Waals surface area contributed by atoms with Crippen molar-refractivity contribution >= 4 is 50.0 Å². The first-order valence-electron chi connectivity index (χ1n) is 21.5. The van der Waals surface area contributed by atoms with Gasteiger partial charge in [-0.05, 0) is 105 Å². The van der Waals surface area contributed by atoms with Gasteiger partial charge in [-0.3, -0.25) is 19.3 Å². The van der Waals surface area contributed by atoms with E-state index in [0.717, 1.165) is 67.4 Å². The summed E-state index contributed by atoms with van der Waals surface area (Å²) in [6.07, 6.45) is 22.1. The van der Waals surface area contributed by atoms with Crippen molar-refractivity contribution in [1.82, 2.24) is 34.0 Å². The maximum absolute atomic E-state index is 13.6. The molecule has 356 valence electrons. The summed E-state index contributed by atoms with van der Waals surface area (Å²) < 4.78 is 41.7. The van der Waals surface area contributed by atoms with E-state index in [2.05, 4.69) is 55.1 Å². The molecule has 0 fully saturated rings. The van der Waals surface area contributed by atoms with Crippen LogP contribution in [-0.2, 0) is 47.6 Å². The number of unbranched alkanes of at least 4 members (excludes halogenated alkanes) is 2. The van der Waals surface area contributed by atoms with E-state index in [9.17, 15) is 18.4 Å². The molecule has 20 heteroatoms. The van der Waals surface area contributed by atoms with Crippen LogP contribution < -0.4 is 119 Å². The number of aromatic nitrogens is 6. The molecule has 0 radical (unpaired) electrons. The van der Waals surface area contributed by atoms with E-state index >= 15 is 0 Å². The summed E-state index contributed by atoms with van der Waals surface area (Å²) in [6, 6.07) is 13.6. The average Bonchev–Trinajstić information content (AvgIpc) is 4.08. The third-order valence-corrected chi connectivity index (χ3v) is 11.4. The van der Waals surface area contributed by atoms with Gasteiger partial charge in [0.05, 0.1) is 42.5 Å². The molecule has 0 atom stereocenters. The van der Waals surface area contributed by atoms with Crippen LogP contribution in [0.4, 0.5) is 14.5 Å². The van der Waals surface area contributed by atoms with Crippen LogP contribution in [0, 0.1) is 39.2 Å². The number of fused-ring (bicyclic) bond motifs is 2. The number of carbonyl (C=O) groups is 1. The summed E-state index contributed by atoms with van der Waals surface area (Å²) in [5, 5.41) is 10.1. The fourth-order valence-corrected chi connectivity index (χ4v) is 7.52. The Hall–Kier alpha value is -3.93. The second kappa shape index (κ2) is 32.2. The molecule has 15 nitrogen and oxygen atoms in total. The van der Waals surface area contributed by atoms with Crippen LogP contribution in [0.2, 0.25) is 0 Å². The van der Waals surface area contributed by atoms with Gasteiger partial charge in [0.1, 0.15) is 11.2 Å². The molecule has 0 saturated carbocycles. The first-order valence-corrected chi connectivity index (χ1v) is 22.6. The summed E-state index contributed by atoms with van der Waals surface area (Å²) in [5.41, 5.74) is 7.35. The standard InChI is InChI=1S/C24H22FN5O2.C13H16FN3.C12H11BrO2.CH2O3.2K.H/c1-17-21(26-2)5-4-20-23(31)19(15-32-24(17)20)14-30(10-3-9-29-11-8-27-16-29)13-18-6-7-28-22(25)12-18;14-13-10-12(5-6-16-13)4-2-1-3-8-17-9-7-15-11-17;1-7-3-4-10-11(14)9(5-13)6-15-12(10)8(7)2;2-1-4-3;;;/h4-8,11-12,15-16H,3,9-10,13-14H2,1H3;5-7,9-11H,1-4,8H2;3-4,6H,5H2,1-2H3;1,3H;;;/q;;;;2*+1;-1/p-1. The van der Waals surface area contributed by atoms with Crippen molar-refractivity contribution in [3.8, 4) is 0 Å². The number of benzene rings is 2. The molecule has 0 spiro atoms. The summed E-state index contributed by atoms with van der Waals surface area (Å²) in [7, 11) is 0. The van der Waals surface area contributed by atoms with Crippen molar-refractivity contribution in [2.45, 2.75) is 84.4 Å². The van der Waals surface area contributed by atoms with Crippen LogP contribution in [0.25, 0.3) is 26.8 Å². The van der Waals surface area contributed by atoms with E-state index < -0.39 is 5.95 Å². The Morgan fingerprint density at radius 1 is 0.771 bits per heavy atom. The molecule has 0 N–H and O–H groups in total. The maximum atomic E-state index is 13.6. The number of hydrogen-bond donors (Lipinski definition) is 0. The summed E-state index contributed by atoms with van der Waals surface area (Å²) >= 11 is 3.27. The molecule has 2 aromatic carbocycles. The minimum atomic E-state index is -0.530. The maximum Gasteiger partial charge on any atom is 1.00 e. The van der Waals surface area contributed by atoms with Gasteiger partial charge in [-0.2, -0.15) is 8.78 Å². The number of imidazole rings is 2. The van der Waals surface area contributed by atoms with Crippen LogP contribution in [-0.4, -0.2) is 47.0 Å². The number of rotatable bonds is 16. The number of carbonyl (C=O) groups excluding carboxylic acids is 1. The van der Waals surface area contributed by atoms with E-state index in [1.165, 1.54) is 37.1 Å². The largest absolute Gasteiger partial charge is 1.00 e. The number of halogens is 3. The van der Waals surface area contributed by atoms with Crippen molar-refractivity contribution in [3.05, 3.63) is 194 Å². The zero-order valence-corrected chi connectivity index (χ0v) is 47.6. The van der Waals surface area contributed by atoms with E-state index in [-0.39, 0.29) is 127 Å². The predicted molar refractivity (Wildman–Crippen MR) is 255 cm³/mol. The Balaban J connectivity index is 0.000000375. The van der Waals surface area contributed by atoms with Crippen LogP contribution in [0.3, 0.4) is 0 Å². The van der Waals surface area contributed by atoms with Crippen molar-refractivity contribution in [1.29, 1.82) is 0 Å². The quantitative estimate of drug-likeness (QED) is 0.0202. The topological polar surface area (TPSA) is 179 Å². The first kappa shape index (κ1) is 60.4. The van der Waals surface area contributed by atoms with Crippen molar-refractivity contribution in [3.63, 3.8) is 0 Å². The minimum absolute atomic E-state index is 0. The third-order valence-electron chi connectivity index (χ3n) is 10.8. The second-order valence-corrected chi connectivity index (χ2v) is 16.1. The minimum Gasteiger partial charge on any atom is -1.00 e. The van der Waals surface area contributed by atoms with Gasteiger partial charge in [0.25, 0.3) is 6.47 Å². The Morgan fingerprint density at radius 2 is 1.33 bits per heavy atom. The molecular formula is C50H51BrF2K2N8O7. The van der Waals surface area contributed by atoms with Gasteiger partial charge in [-0.15, -0.1) is 0 Å². The average molecular weight is 1070 g/mol. The van der Waals surface area contributed by atoms with Crippen LogP contribution >= 0.6 is 15.9 Å². The predicted octanol–water partition coefficient (Wildman–Crippen LogP) is 3.17. The molecule has 8 rings (SSSR count). The fourth-order valence-electron chi connectivity index (χ4n) is 7.14. The molecule has 6 heterocycles. The van der Waals surface area contributed by atoms with E-state index in [1.54, 1.807) is 43.8 Å². The van der Waals surface area contributed by atoms with Gasteiger partial charge < -0.3 is 29.5 Å². The molecule has 0 bridgehead atoms. The van der Waals surface area contributed by atoms with Crippen LogP contribution in [0.5, 0.6) is 0 Å². The zero-order chi connectivity index (χ0) is 48.8. The van der Waals surface area contributed by atoms with Crippen LogP contribution in [0.1, 0.15) is 66.1 Å². The first-order chi connectivity index (χ1) is 33.0. The monoisotopic (exact) mass is 1070 g/mol. The molecule has 0 unspecified atom stereocenters. The molecule has 6 aromatic heterocycles. The number of aryl methyl sites for hydroxylation is 6. The van der Waals surface area contributed by atoms with Crippen molar-refractivity contribution < 1.29 is 137 Å². The van der Waals surface area contributed by atoms with Gasteiger partial charge in [0, 0.05) is 86.4 Å². The molecule has 0 aliphatic carbocycles. The molecule has 70 heavy (non-hydrogen) atoms. The summed E-state index contributed by atoms with van der Waals surface area (Å²) in [4.78, 5) is 57.1. The molecule has 0 saturated heterocycles. The molecule has 0 amide bonds.